The van der Waals surface area contributed by atoms with E-state index in [1.807, 2.05) is 45.8 Å². The molecule has 0 aliphatic carbocycles. The van der Waals surface area contributed by atoms with E-state index in [1.54, 1.807) is 10.5 Å². The van der Waals surface area contributed by atoms with Gasteiger partial charge in [0.2, 0.25) is 0 Å². The third kappa shape index (κ3) is 5.65. The molecule has 3 aromatic heterocycles. The molecule has 1 aliphatic heterocycles. The normalized spacial score (nSPS) is 16.2. The Kier molecular flexibility index (Phi) is 9.67. The quantitative estimate of drug-likeness (QED) is 0.215. The van der Waals surface area contributed by atoms with Crippen molar-refractivity contribution < 1.29 is 0 Å². The van der Waals surface area contributed by atoms with Crippen LogP contribution in [-0.2, 0) is 18.6 Å². The Morgan fingerprint density at radius 2 is 1.66 bits per heavy atom. The van der Waals surface area contributed by atoms with Gasteiger partial charge in [-0.05, 0) is 71.0 Å². The monoisotopic (exact) mass is 556 g/mol. The molecule has 0 saturated heterocycles. The summed E-state index contributed by atoms with van der Waals surface area (Å²) in [7, 11) is 0. The van der Waals surface area contributed by atoms with Gasteiger partial charge in [0.25, 0.3) is 0 Å². The predicted molar refractivity (Wildman–Crippen MR) is 168 cm³/mol. The highest BCUT2D eigenvalue weighted by molar-refractivity contribution is 8.08. The van der Waals surface area contributed by atoms with E-state index < -0.39 is 0 Å². The lowest BCUT2D eigenvalue weighted by Gasteiger charge is -2.13. The van der Waals surface area contributed by atoms with E-state index in [2.05, 4.69) is 87.3 Å². The zero-order chi connectivity index (χ0) is 24.9. The smallest absolute Gasteiger partial charge is 0.0539 e. The first-order chi connectivity index (χ1) is 17.0. The van der Waals surface area contributed by atoms with E-state index in [0.717, 1.165) is 31.4 Å². The summed E-state index contributed by atoms with van der Waals surface area (Å²) in [4.78, 5) is 7.56. The average molecular weight is 557 g/mol. The van der Waals surface area contributed by atoms with Crippen molar-refractivity contribution >= 4 is 62.4 Å². The zero-order valence-corrected chi connectivity index (χ0v) is 25.6. The molecular formula is C30H36S5. The second-order valence-corrected chi connectivity index (χ2v) is 13.8. The fraction of sp³-hybridized carbons (Fsp3) is 0.400. The Labute approximate surface area is 232 Å². The maximum absolute atomic E-state index is 4.14. The van der Waals surface area contributed by atoms with E-state index in [4.69, 9.17) is 0 Å². The number of thiophene rings is 3. The number of hydrogen-bond donors (Lipinski definition) is 0. The second kappa shape index (κ2) is 12.5. The van der Waals surface area contributed by atoms with E-state index >= 15 is 0 Å². The van der Waals surface area contributed by atoms with Crippen LogP contribution in [0.15, 0.2) is 52.1 Å². The predicted octanol–water partition coefficient (Wildman–Crippen LogP) is 11.5. The largest absolute Gasteiger partial charge is 0.143 e. The van der Waals surface area contributed by atoms with E-state index in [1.165, 1.54) is 53.1 Å². The maximum Gasteiger partial charge on any atom is 0.0539 e. The Balaban J connectivity index is 1.95. The van der Waals surface area contributed by atoms with Crippen LogP contribution in [0.2, 0.25) is 0 Å². The van der Waals surface area contributed by atoms with Gasteiger partial charge in [-0.25, -0.2) is 0 Å². The molecule has 1 atom stereocenters. The Bertz CT molecular complexity index is 1230. The molecule has 3 aromatic rings. The van der Waals surface area contributed by atoms with Crippen molar-refractivity contribution in [2.75, 3.05) is 5.75 Å². The minimum absolute atomic E-state index is 0.657. The summed E-state index contributed by atoms with van der Waals surface area (Å²) >= 11 is 9.91. The molecule has 0 nitrogen and oxygen atoms in total. The Morgan fingerprint density at radius 1 is 0.971 bits per heavy atom. The zero-order valence-electron chi connectivity index (χ0n) is 21.5. The van der Waals surface area contributed by atoms with Gasteiger partial charge < -0.3 is 0 Å². The SMILES string of the molecule is C=C(/C=C\SCc1sc(-c2sccc2CC)c(C2=C(CC)C(C)CS2)c1-c1sccc1CC)CC. The van der Waals surface area contributed by atoms with Crippen LogP contribution >= 0.6 is 57.5 Å². The van der Waals surface area contributed by atoms with Crippen LogP contribution in [0.3, 0.4) is 0 Å². The van der Waals surface area contributed by atoms with Crippen LogP contribution in [0, 0.1) is 5.92 Å². The average Bonchev–Trinajstić information content (AvgIpc) is 3.65. The van der Waals surface area contributed by atoms with E-state index in [0.29, 0.717) is 5.92 Å². The van der Waals surface area contributed by atoms with Crippen molar-refractivity contribution in [1.29, 1.82) is 0 Å². The van der Waals surface area contributed by atoms with Crippen molar-refractivity contribution in [3.05, 3.63) is 73.7 Å². The summed E-state index contributed by atoms with van der Waals surface area (Å²) < 4.78 is 0. The van der Waals surface area contributed by atoms with Gasteiger partial charge in [-0.2, -0.15) is 0 Å². The van der Waals surface area contributed by atoms with Gasteiger partial charge in [-0.1, -0.05) is 58.4 Å². The highest BCUT2D eigenvalue weighted by atomic mass is 32.2. The molecule has 4 heterocycles. The summed E-state index contributed by atoms with van der Waals surface area (Å²) in [6, 6.07) is 4.67. The molecule has 1 unspecified atom stereocenters. The minimum Gasteiger partial charge on any atom is -0.143 e. The molecular weight excluding hydrogens is 521 g/mol. The topological polar surface area (TPSA) is 0 Å². The number of aryl methyl sites for hydroxylation is 2. The van der Waals surface area contributed by atoms with Crippen LogP contribution in [0.25, 0.3) is 25.1 Å². The molecule has 0 amide bonds. The summed E-state index contributed by atoms with van der Waals surface area (Å²) in [5.41, 5.74) is 8.87. The highest BCUT2D eigenvalue weighted by Gasteiger charge is 2.31. The third-order valence-corrected chi connectivity index (χ3v) is 12.4. The number of hydrogen-bond acceptors (Lipinski definition) is 5. The number of thioether (sulfide) groups is 2. The lowest BCUT2D eigenvalue weighted by atomic mass is 9.94. The summed E-state index contributed by atoms with van der Waals surface area (Å²) in [6.45, 7) is 15.7. The lowest BCUT2D eigenvalue weighted by Crippen LogP contribution is -1.96. The molecule has 186 valence electrons. The first-order valence-electron chi connectivity index (χ1n) is 12.6. The van der Waals surface area contributed by atoms with E-state index in [-0.39, 0.29) is 0 Å². The van der Waals surface area contributed by atoms with Crippen molar-refractivity contribution in [3.63, 3.8) is 0 Å². The van der Waals surface area contributed by atoms with Gasteiger partial charge in [0.05, 0.1) is 4.88 Å². The maximum atomic E-state index is 4.14. The van der Waals surface area contributed by atoms with E-state index in [9.17, 15) is 0 Å². The van der Waals surface area contributed by atoms with Crippen LogP contribution < -0.4 is 0 Å². The molecule has 5 heteroatoms. The Hall–Kier alpha value is -0.980. The van der Waals surface area contributed by atoms with Crippen molar-refractivity contribution in [3.8, 4) is 20.2 Å². The molecule has 0 aromatic carbocycles. The molecule has 0 saturated carbocycles. The Morgan fingerprint density at radius 3 is 2.31 bits per heavy atom. The van der Waals surface area contributed by atoms with Crippen molar-refractivity contribution in [2.45, 2.75) is 66.1 Å². The molecule has 35 heavy (non-hydrogen) atoms. The van der Waals surface area contributed by atoms with Gasteiger partial charge in [-0.3, -0.25) is 0 Å². The first-order valence-corrected chi connectivity index (χ1v) is 17.3. The molecule has 0 spiro atoms. The van der Waals surface area contributed by atoms with Gasteiger partial charge in [0, 0.05) is 42.2 Å². The molecule has 0 bridgehead atoms. The molecule has 0 fully saturated rings. The van der Waals surface area contributed by atoms with Crippen molar-refractivity contribution in [1.82, 2.24) is 0 Å². The first kappa shape index (κ1) is 27.1. The molecule has 4 rings (SSSR count). The fourth-order valence-corrected chi connectivity index (χ4v) is 10.7. The molecule has 0 radical (unpaired) electrons. The summed E-state index contributed by atoms with van der Waals surface area (Å²) in [5.74, 6) is 2.86. The van der Waals surface area contributed by atoms with Crippen LogP contribution in [0.1, 0.15) is 69.0 Å². The van der Waals surface area contributed by atoms with Gasteiger partial charge in [-0.15, -0.1) is 57.5 Å². The van der Waals surface area contributed by atoms with Crippen LogP contribution in [0.5, 0.6) is 0 Å². The van der Waals surface area contributed by atoms with Gasteiger partial charge >= 0.3 is 0 Å². The number of rotatable bonds is 11. The van der Waals surface area contributed by atoms with Crippen molar-refractivity contribution in [2.24, 2.45) is 5.92 Å². The lowest BCUT2D eigenvalue weighted by molar-refractivity contribution is 0.760. The fourth-order valence-electron chi connectivity index (χ4n) is 4.60. The summed E-state index contributed by atoms with van der Waals surface area (Å²) in [5, 5.41) is 6.82. The second-order valence-electron chi connectivity index (χ2n) is 8.91. The minimum atomic E-state index is 0.657. The third-order valence-electron chi connectivity index (χ3n) is 6.71. The standard InChI is InChI=1S/C30H36S5/c1-7-19(5)11-14-31-18-24-25(27-21(8-2)12-15-32-27)26(29-23(10-4)20(6)17-34-29)30(35-24)28-22(9-3)13-16-33-28/h11-16,20H,5,7-10,17-18H2,1-4,6H3/b14-11-. The molecule has 0 N–H and O–H groups in total. The van der Waals surface area contributed by atoms with Gasteiger partial charge in [0.1, 0.15) is 0 Å². The summed E-state index contributed by atoms with van der Waals surface area (Å²) in [6.07, 6.45) is 6.49. The highest BCUT2D eigenvalue weighted by Crippen LogP contribution is 2.56. The molecule has 1 aliphatic rings. The van der Waals surface area contributed by atoms with Gasteiger partial charge in [0.15, 0.2) is 0 Å². The van der Waals surface area contributed by atoms with Crippen LogP contribution in [-0.4, -0.2) is 5.75 Å². The number of allylic oxidation sites excluding steroid dienone is 3. The van der Waals surface area contributed by atoms with Crippen LogP contribution in [0.4, 0.5) is 0 Å².